The highest BCUT2D eigenvalue weighted by molar-refractivity contribution is 5.59. The molecule has 1 aliphatic rings. The standard InChI is InChI=1S/C20H15NO2/c22-17-9-5-15(6-10-17)20(16-7-11-18(23)12-8-16)13-14-3-1-2-4-19(14)21-20/h1-13,22-23H. The SMILES string of the molecule is Oc1ccc(C2(c3ccc(O)cc3)C=c3ccccc3=N2)cc1. The lowest BCUT2D eigenvalue weighted by molar-refractivity contribution is 0.474. The molecule has 0 spiro atoms. The molecule has 1 aliphatic heterocycles. The second-order valence-electron chi connectivity index (χ2n) is 5.68. The molecule has 0 saturated carbocycles. The van der Waals surface area contributed by atoms with Crippen molar-refractivity contribution < 1.29 is 10.2 Å². The van der Waals surface area contributed by atoms with Crippen LogP contribution < -0.4 is 10.6 Å². The second kappa shape index (κ2) is 4.99. The normalized spacial score (nSPS) is 14.6. The number of nitrogens with zero attached hydrogens (tertiary/aromatic N) is 1. The Morgan fingerprint density at radius 2 is 1.17 bits per heavy atom. The summed E-state index contributed by atoms with van der Waals surface area (Å²) in [6.45, 7) is 0. The smallest absolute Gasteiger partial charge is 0.130 e. The number of phenolic OH excluding ortho intramolecular Hbond substituents is 2. The van der Waals surface area contributed by atoms with Gasteiger partial charge >= 0.3 is 0 Å². The Morgan fingerprint density at radius 1 is 0.652 bits per heavy atom. The van der Waals surface area contributed by atoms with E-state index < -0.39 is 5.54 Å². The van der Waals surface area contributed by atoms with Crippen LogP contribution in [0.4, 0.5) is 0 Å². The van der Waals surface area contributed by atoms with Gasteiger partial charge in [-0.2, -0.15) is 0 Å². The van der Waals surface area contributed by atoms with Gasteiger partial charge < -0.3 is 10.2 Å². The van der Waals surface area contributed by atoms with Crippen molar-refractivity contribution in [2.24, 2.45) is 4.99 Å². The molecule has 0 bridgehead atoms. The van der Waals surface area contributed by atoms with Gasteiger partial charge in [-0.3, -0.25) is 4.99 Å². The summed E-state index contributed by atoms with van der Waals surface area (Å²) in [5, 5.41) is 21.2. The molecule has 0 aromatic heterocycles. The minimum atomic E-state index is -0.648. The lowest BCUT2D eigenvalue weighted by atomic mass is 9.83. The summed E-state index contributed by atoms with van der Waals surface area (Å²) in [5.41, 5.74) is 1.29. The molecule has 1 heterocycles. The molecule has 3 aromatic carbocycles. The molecule has 0 radical (unpaired) electrons. The largest absolute Gasteiger partial charge is 0.508 e. The van der Waals surface area contributed by atoms with Crippen LogP contribution in [-0.2, 0) is 5.54 Å². The van der Waals surface area contributed by atoms with Crippen LogP contribution in [0.3, 0.4) is 0 Å². The quantitative estimate of drug-likeness (QED) is 0.764. The monoisotopic (exact) mass is 301 g/mol. The first-order valence-electron chi connectivity index (χ1n) is 7.44. The molecule has 2 N–H and O–H groups in total. The molecule has 3 heteroatoms. The van der Waals surface area contributed by atoms with Crippen LogP contribution in [0.15, 0.2) is 77.8 Å². The Kier molecular flexibility index (Phi) is 2.95. The van der Waals surface area contributed by atoms with Crippen LogP contribution in [0, 0.1) is 0 Å². The summed E-state index contributed by atoms with van der Waals surface area (Å²) in [7, 11) is 0. The number of rotatable bonds is 2. The molecule has 0 atom stereocenters. The van der Waals surface area contributed by atoms with Gasteiger partial charge in [0.2, 0.25) is 0 Å². The van der Waals surface area contributed by atoms with Crippen molar-refractivity contribution in [1.29, 1.82) is 0 Å². The van der Waals surface area contributed by atoms with E-state index in [9.17, 15) is 10.2 Å². The van der Waals surface area contributed by atoms with Crippen molar-refractivity contribution in [3.05, 3.63) is 94.5 Å². The van der Waals surface area contributed by atoms with Crippen LogP contribution in [0.25, 0.3) is 6.08 Å². The molecule has 23 heavy (non-hydrogen) atoms. The molecule has 0 unspecified atom stereocenters. The van der Waals surface area contributed by atoms with Gasteiger partial charge in [0.25, 0.3) is 0 Å². The Labute approximate surface area is 133 Å². The lowest BCUT2D eigenvalue weighted by Gasteiger charge is -2.26. The van der Waals surface area contributed by atoms with Crippen LogP contribution in [0.2, 0.25) is 0 Å². The number of phenols is 2. The van der Waals surface area contributed by atoms with Gasteiger partial charge in [0, 0.05) is 0 Å². The topological polar surface area (TPSA) is 52.8 Å². The Balaban J connectivity index is 2.01. The van der Waals surface area contributed by atoms with Gasteiger partial charge in [0.1, 0.15) is 17.0 Å². The summed E-state index contributed by atoms with van der Waals surface area (Å²) in [5.74, 6) is 0.454. The second-order valence-corrected chi connectivity index (χ2v) is 5.68. The highest BCUT2D eigenvalue weighted by Gasteiger charge is 2.33. The third-order valence-electron chi connectivity index (χ3n) is 4.21. The molecule has 3 aromatic rings. The predicted octanol–water partition coefficient (Wildman–Crippen LogP) is 2.46. The zero-order chi connectivity index (χ0) is 15.9. The van der Waals surface area contributed by atoms with Crippen molar-refractivity contribution in [2.45, 2.75) is 5.54 Å². The minimum Gasteiger partial charge on any atom is -0.508 e. The summed E-state index contributed by atoms with van der Waals surface area (Å²) in [4.78, 5) is 4.96. The maximum atomic E-state index is 9.59. The van der Waals surface area contributed by atoms with Crippen LogP contribution in [-0.4, -0.2) is 10.2 Å². The van der Waals surface area contributed by atoms with Gasteiger partial charge in [-0.1, -0.05) is 42.5 Å². The molecule has 0 fully saturated rings. The number of benzene rings is 3. The molecule has 4 rings (SSSR count). The van der Waals surface area contributed by atoms with Gasteiger partial charge in [0.15, 0.2) is 0 Å². The molecular weight excluding hydrogens is 286 g/mol. The number of fused-ring (bicyclic) bond motifs is 1. The first-order valence-corrected chi connectivity index (χ1v) is 7.44. The van der Waals surface area contributed by atoms with E-state index in [2.05, 4.69) is 6.08 Å². The Hall–Kier alpha value is -3.07. The summed E-state index contributed by atoms with van der Waals surface area (Å²) < 4.78 is 0. The van der Waals surface area contributed by atoms with Gasteiger partial charge in [-0.05, 0) is 52.8 Å². The first-order chi connectivity index (χ1) is 11.2. The summed E-state index contributed by atoms with van der Waals surface area (Å²) >= 11 is 0. The fourth-order valence-corrected chi connectivity index (χ4v) is 3.05. The molecule has 3 nitrogen and oxygen atoms in total. The predicted molar refractivity (Wildman–Crippen MR) is 88.7 cm³/mol. The van der Waals surface area contributed by atoms with Gasteiger partial charge in [-0.15, -0.1) is 0 Å². The van der Waals surface area contributed by atoms with E-state index in [1.807, 2.05) is 48.5 Å². The average molecular weight is 301 g/mol. The van der Waals surface area contributed by atoms with E-state index in [4.69, 9.17) is 4.99 Å². The van der Waals surface area contributed by atoms with Crippen LogP contribution in [0.5, 0.6) is 11.5 Å². The highest BCUT2D eigenvalue weighted by atomic mass is 16.3. The van der Waals surface area contributed by atoms with E-state index in [0.717, 1.165) is 21.7 Å². The third kappa shape index (κ3) is 2.18. The van der Waals surface area contributed by atoms with Crippen molar-refractivity contribution >= 4 is 6.08 Å². The Bertz CT molecular complexity index is 891. The molecule has 112 valence electrons. The molecular formula is C20H15NO2. The third-order valence-corrected chi connectivity index (χ3v) is 4.21. The van der Waals surface area contributed by atoms with Crippen LogP contribution >= 0.6 is 0 Å². The number of hydrogen-bond donors (Lipinski definition) is 2. The number of aromatic hydroxyl groups is 2. The summed E-state index contributed by atoms with van der Waals surface area (Å²) in [6, 6.07) is 22.2. The van der Waals surface area contributed by atoms with Crippen molar-refractivity contribution in [2.75, 3.05) is 0 Å². The van der Waals surface area contributed by atoms with Gasteiger partial charge in [-0.25, -0.2) is 0 Å². The zero-order valence-corrected chi connectivity index (χ0v) is 12.3. The van der Waals surface area contributed by atoms with E-state index >= 15 is 0 Å². The maximum absolute atomic E-state index is 9.59. The first kappa shape index (κ1) is 13.6. The van der Waals surface area contributed by atoms with E-state index in [1.165, 1.54) is 0 Å². The number of para-hydroxylation sites is 1. The summed E-state index contributed by atoms with van der Waals surface area (Å²) in [6.07, 6.45) is 2.13. The van der Waals surface area contributed by atoms with E-state index in [1.54, 1.807) is 24.3 Å². The van der Waals surface area contributed by atoms with Crippen molar-refractivity contribution in [1.82, 2.24) is 0 Å². The molecule has 0 aliphatic carbocycles. The Morgan fingerprint density at radius 3 is 1.70 bits per heavy atom. The van der Waals surface area contributed by atoms with Crippen molar-refractivity contribution in [3.63, 3.8) is 0 Å². The fraction of sp³-hybridized carbons (Fsp3) is 0.0500. The maximum Gasteiger partial charge on any atom is 0.130 e. The van der Waals surface area contributed by atoms with Crippen LogP contribution in [0.1, 0.15) is 11.1 Å². The average Bonchev–Trinajstić information content (AvgIpc) is 2.96. The van der Waals surface area contributed by atoms with E-state index in [0.29, 0.717) is 0 Å². The highest BCUT2D eigenvalue weighted by Crippen LogP contribution is 2.37. The lowest BCUT2D eigenvalue weighted by Crippen LogP contribution is -2.21. The molecule has 0 amide bonds. The molecule has 0 saturated heterocycles. The van der Waals surface area contributed by atoms with Gasteiger partial charge in [0.05, 0.1) is 5.36 Å². The van der Waals surface area contributed by atoms with Crippen molar-refractivity contribution in [3.8, 4) is 11.5 Å². The van der Waals surface area contributed by atoms with E-state index in [-0.39, 0.29) is 11.5 Å². The fourth-order valence-electron chi connectivity index (χ4n) is 3.05. The zero-order valence-electron chi connectivity index (χ0n) is 12.3. The minimum absolute atomic E-state index is 0.227. The number of hydrogen-bond acceptors (Lipinski definition) is 3.